The summed E-state index contributed by atoms with van der Waals surface area (Å²) in [6.45, 7) is 0. The molecule has 0 saturated heterocycles. The predicted octanol–water partition coefficient (Wildman–Crippen LogP) is 7.61. The smallest absolute Gasteiger partial charge is 0.0656 e. The van der Waals surface area contributed by atoms with Crippen LogP contribution in [0.4, 0.5) is 0 Å². The molecule has 1 atom stereocenters. The van der Waals surface area contributed by atoms with Crippen LogP contribution < -0.4 is 0 Å². The molecule has 3 aromatic carbocycles. The van der Waals surface area contributed by atoms with E-state index < -0.39 is 0 Å². The number of rotatable bonds is 2. The van der Waals surface area contributed by atoms with Gasteiger partial charge in [0.15, 0.2) is 0 Å². The van der Waals surface area contributed by atoms with Crippen LogP contribution in [0.2, 0.25) is 0 Å². The normalized spacial score (nSPS) is 12.6. The van der Waals surface area contributed by atoms with Gasteiger partial charge in [-0.25, -0.2) is 0 Å². The fraction of sp³-hybridized carbons (Fsp3) is 0.0588. The fourth-order valence-electron chi connectivity index (χ4n) is 2.28. The van der Waals surface area contributed by atoms with Crippen molar-refractivity contribution in [3.8, 4) is 0 Å². The fourth-order valence-corrected chi connectivity index (χ4v) is 4.49. The summed E-state index contributed by atoms with van der Waals surface area (Å²) < 4.78 is 3.28. The monoisotopic (exact) mass is 530 g/mol. The van der Waals surface area contributed by atoms with E-state index in [1.165, 1.54) is 21.9 Å². The molecule has 0 aromatic heterocycles. The summed E-state index contributed by atoms with van der Waals surface area (Å²) in [7, 11) is 0. The quantitative estimate of drug-likeness (QED) is 0.297. The van der Waals surface area contributed by atoms with Crippen molar-refractivity contribution in [1.82, 2.24) is 0 Å². The van der Waals surface area contributed by atoms with Crippen LogP contribution in [0.5, 0.6) is 0 Å². The third-order valence-corrected chi connectivity index (χ3v) is 6.08. The molecule has 1 unspecified atom stereocenters. The molecule has 106 valence electrons. The van der Waals surface area contributed by atoms with Crippen LogP contribution in [-0.2, 0) is 0 Å². The number of hydrogen-bond donors (Lipinski definition) is 0. The number of alkyl halides is 1. The van der Waals surface area contributed by atoms with Gasteiger partial charge in [0.1, 0.15) is 0 Å². The van der Waals surface area contributed by atoms with Crippen LogP contribution in [0.15, 0.2) is 68.0 Å². The van der Waals surface area contributed by atoms with Gasteiger partial charge in [-0.15, -0.1) is 0 Å². The van der Waals surface area contributed by atoms with Crippen LogP contribution in [0.3, 0.4) is 0 Å². The summed E-state index contributed by atoms with van der Waals surface area (Å²) in [6.07, 6.45) is 0. The first-order chi connectivity index (χ1) is 10.0. The molecule has 3 aromatic rings. The summed E-state index contributed by atoms with van der Waals surface area (Å²) in [5, 5.41) is 2.48. The minimum absolute atomic E-state index is 0.150. The summed E-state index contributed by atoms with van der Waals surface area (Å²) in [4.78, 5) is 0.150. The second-order valence-electron chi connectivity index (χ2n) is 4.78. The average Bonchev–Trinajstić information content (AvgIpc) is 2.48. The maximum absolute atomic E-state index is 3.82. The Kier molecular flexibility index (Phi) is 4.89. The number of halogens is 4. The highest BCUT2D eigenvalue weighted by molar-refractivity contribution is 9.11. The second-order valence-corrected chi connectivity index (χ2v) is 8.38. The SMILES string of the molecule is Brc1ccc(Br)c(C(Br)c2ccc3cc(Br)ccc3c2)c1. The Balaban J connectivity index is 2.07. The van der Waals surface area contributed by atoms with Gasteiger partial charge >= 0.3 is 0 Å². The van der Waals surface area contributed by atoms with E-state index in [0.717, 1.165) is 13.4 Å². The van der Waals surface area contributed by atoms with E-state index in [1.807, 2.05) is 6.07 Å². The summed E-state index contributed by atoms with van der Waals surface area (Å²) in [5.74, 6) is 0. The standard InChI is InChI=1S/C17H10Br4/c18-13-4-3-10-7-12(2-1-11(10)8-13)17(21)15-9-14(19)5-6-16(15)20/h1-9,17H. The van der Waals surface area contributed by atoms with Crippen molar-refractivity contribution in [2.75, 3.05) is 0 Å². The summed E-state index contributed by atoms with van der Waals surface area (Å²) in [5.41, 5.74) is 2.45. The van der Waals surface area contributed by atoms with Crippen molar-refractivity contribution in [2.45, 2.75) is 4.83 Å². The Bertz CT molecular complexity index is 811. The van der Waals surface area contributed by atoms with Crippen molar-refractivity contribution >= 4 is 74.5 Å². The molecule has 0 aliphatic rings. The summed E-state index contributed by atoms with van der Waals surface area (Å²) >= 11 is 14.5. The average molecular weight is 534 g/mol. The van der Waals surface area contributed by atoms with E-state index in [-0.39, 0.29) is 4.83 Å². The predicted molar refractivity (Wildman–Crippen MR) is 104 cm³/mol. The summed E-state index contributed by atoms with van der Waals surface area (Å²) in [6, 6.07) is 19.1. The zero-order chi connectivity index (χ0) is 15.0. The van der Waals surface area contributed by atoms with Gasteiger partial charge in [0.05, 0.1) is 4.83 Å². The molecule has 0 N–H and O–H groups in total. The van der Waals surface area contributed by atoms with Crippen LogP contribution in [-0.4, -0.2) is 0 Å². The Morgan fingerprint density at radius 2 is 1.29 bits per heavy atom. The molecule has 3 rings (SSSR count). The zero-order valence-corrected chi connectivity index (χ0v) is 17.1. The first kappa shape index (κ1) is 15.7. The highest BCUT2D eigenvalue weighted by atomic mass is 79.9. The Morgan fingerprint density at radius 1 is 0.667 bits per heavy atom. The van der Waals surface area contributed by atoms with E-state index in [0.29, 0.717) is 0 Å². The molecule has 0 saturated carbocycles. The zero-order valence-electron chi connectivity index (χ0n) is 10.8. The van der Waals surface area contributed by atoms with Gasteiger partial charge in [0.2, 0.25) is 0 Å². The third kappa shape index (κ3) is 3.44. The van der Waals surface area contributed by atoms with Crippen LogP contribution in [0.1, 0.15) is 16.0 Å². The highest BCUT2D eigenvalue weighted by Gasteiger charge is 2.14. The molecule has 0 radical (unpaired) electrons. The van der Waals surface area contributed by atoms with Crippen molar-refractivity contribution < 1.29 is 0 Å². The van der Waals surface area contributed by atoms with Crippen LogP contribution in [0, 0.1) is 0 Å². The molecule has 0 fully saturated rings. The minimum atomic E-state index is 0.150. The van der Waals surface area contributed by atoms with Gasteiger partial charge in [-0.3, -0.25) is 0 Å². The molecule has 0 nitrogen and oxygen atoms in total. The Morgan fingerprint density at radius 3 is 2.10 bits per heavy atom. The Hall–Kier alpha value is -0.160. The molecular weight excluding hydrogens is 524 g/mol. The van der Waals surface area contributed by atoms with E-state index >= 15 is 0 Å². The van der Waals surface area contributed by atoms with Crippen molar-refractivity contribution in [3.05, 3.63) is 79.1 Å². The van der Waals surface area contributed by atoms with Crippen LogP contribution in [0.25, 0.3) is 10.8 Å². The van der Waals surface area contributed by atoms with E-state index in [9.17, 15) is 0 Å². The molecule has 0 spiro atoms. The van der Waals surface area contributed by atoms with E-state index in [1.54, 1.807) is 0 Å². The number of fused-ring (bicyclic) bond motifs is 1. The topological polar surface area (TPSA) is 0 Å². The molecule has 0 aliphatic heterocycles. The molecule has 0 amide bonds. The number of benzene rings is 3. The van der Waals surface area contributed by atoms with Gasteiger partial charge in [0.25, 0.3) is 0 Å². The largest absolute Gasteiger partial charge is 0.0786 e. The van der Waals surface area contributed by atoms with Gasteiger partial charge in [0, 0.05) is 13.4 Å². The van der Waals surface area contributed by atoms with E-state index in [4.69, 9.17) is 0 Å². The maximum atomic E-state index is 3.82. The lowest BCUT2D eigenvalue weighted by Gasteiger charge is -2.14. The molecule has 4 heteroatoms. The highest BCUT2D eigenvalue weighted by Crippen LogP contribution is 2.38. The van der Waals surface area contributed by atoms with Crippen LogP contribution >= 0.6 is 63.7 Å². The molecule has 21 heavy (non-hydrogen) atoms. The molecule has 0 heterocycles. The minimum Gasteiger partial charge on any atom is -0.0786 e. The molecule has 0 aliphatic carbocycles. The van der Waals surface area contributed by atoms with Gasteiger partial charge < -0.3 is 0 Å². The Labute approximate surface area is 157 Å². The van der Waals surface area contributed by atoms with E-state index in [2.05, 4.69) is 112 Å². The van der Waals surface area contributed by atoms with Gasteiger partial charge in [-0.1, -0.05) is 81.9 Å². The lowest BCUT2D eigenvalue weighted by molar-refractivity contribution is 1.17. The lowest BCUT2D eigenvalue weighted by atomic mass is 10.0. The molecular formula is C17H10Br4. The first-order valence-corrected chi connectivity index (χ1v) is 9.62. The van der Waals surface area contributed by atoms with Crippen molar-refractivity contribution in [3.63, 3.8) is 0 Å². The maximum Gasteiger partial charge on any atom is 0.0656 e. The third-order valence-electron chi connectivity index (χ3n) is 3.35. The molecule has 0 bridgehead atoms. The van der Waals surface area contributed by atoms with Crippen molar-refractivity contribution in [1.29, 1.82) is 0 Å². The lowest BCUT2D eigenvalue weighted by Crippen LogP contribution is -1.94. The van der Waals surface area contributed by atoms with Gasteiger partial charge in [-0.2, -0.15) is 0 Å². The van der Waals surface area contributed by atoms with Gasteiger partial charge in [-0.05, 0) is 58.3 Å². The number of hydrogen-bond acceptors (Lipinski definition) is 0. The second kappa shape index (κ2) is 6.53. The first-order valence-electron chi connectivity index (χ1n) is 6.33. The van der Waals surface area contributed by atoms with Crippen molar-refractivity contribution in [2.24, 2.45) is 0 Å².